The molecule has 2 heterocycles. The normalized spacial score (nSPS) is 43.7. The fourth-order valence-electron chi connectivity index (χ4n) is 4.77. The summed E-state index contributed by atoms with van der Waals surface area (Å²) in [5.41, 5.74) is 0. The van der Waals surface area contributed by atoms with Gasteiger partial charge in [-0.2, -0.15) is 0 Å². The summed E-state index contributed by atoms with van der Waals surface area (Å²) in [4.78, 5) is 5.62. The molecule has 2 aliphatic heterocycles. The van der Waals surface area contributed by atoms with Crippen molar-refractivity contribution < 1.29 is 0 Å². The monoisotopic (exact) mass is 250 g/mol. The standard InChI is InChI=1S/C16H30N2/c1-13-9-14(2)11-16(10-13)18-8-4-7-17-6-3-5-15(17)12-18/h13-16H,3-12H2,1-2H3. The molecule has 1 saturated carbocycles. The van der Waals surface area contributed by atoms with E-state index in [1.807, 2.05) is 0 Å². The van der Waals surface area contributed by atoms with Gasteiger partial charge >= 0.3 is 0 Å². The number of hydrogen-bond acceptors (Lipinski definition) is 2. The van der Waals surface area contributed by atoms with Crippen LogP contribution in [0.1, 0.15) is 52.4 Å². The van der Waals surface area contributed by atoms with Gasteiger partial charge < -0.3 is 0 Å². The minimum atomic E-state index is 0.889. The van der Waals surface area contributed by atoms with Gasteiger partial charge in [-0.15, -0.1) is 0 Å². The lowest BCUT2D eigenvalue weighted by atomic mass is 9.79. The fraction of sp³-hybridized carbons (Fsp3) is 1.00. The first-order chi connectivity index (χ1) is 8.72. The molecule has 0 aromatic rings. The molecule has 0 spiro atoms. The van der Waals surface area contributed by atoms with Gasteiger partial charge in [0.15, 0.2) is 0 Å². The highest BCUT2D eigenvalue weighted by Crippen LogP contribution is 2.33. The second-order valence-electron chi connectivity index (χ2n) is 7.25. The number of rotatable bonds is 1. The molecule has 0 bridgehead atoms. The lowest BCUT2D eigenvalue weighted by Crippen LogP contribution is -2.44. The van der Waals surface area contributed by atoms with Gasteiger partial charge in [0.05, 0.1) is 0 Å². The minimum Gasteiger partial charge on any atom is -0.299 e. The molecule has 3 rings (SSSR count). The summed E-state index contributed by atoms with van der Waals surface area (Å²) >= 11 is 0. The van der Waals surface area contributed by atoms with Gasteiger partial charge in [-0.25, -0.2) is 0 Å². The highest BCUT2D eigenvalue weighted by molar-refractivity contribution is 4.89. The molecule has 2 nitrogen and oxygen atoms in total. The van der Waals surface area contributed by atoms with Crippen molar-refractivity contribution >= 4 is 0 Å². The first kappa shape index (κ1) is 12.9. The van der Waals surface area contributed by atoms with Crippen molar-refractivity contribution in [2.45, 2.75) is 64.5 Å². The molecule has 104 valence electrons. The van der Waals surface area contributed by atoms with Gasteiger partial charge in [0.2, 0.25) is 0 Å². The lowest BCUT2D eigenvalue weighted by Gasteiger charge is -2.39. The Morgan fingerprint density at radius 1 is 0.722 bits per heavy atom. The topological polar surface area (TPSA) is 6.48 Å². The maximum absolute atomic E-state index is 2.86. The van der Waals surface area contributed by atoms with E-state index >= 15 is 0 Å². The molecule has 18 heavy (non-hydrogen) atoms. The fourth-order valence-corrected chi connectivity index (χ4v) is 4.77. The average Bonchev–Trinajstić information content (AvgIpc) is 2.65. The van der Waals surface area contributed by atoms with Crippen LogP contribution in [0.25, 0.3) is 0 Å². The van der Waals surface area contributed by atoms with Gasteiger partial charge in [-0.1, -0.05) is 13.8 Å². The molecular weight excluding hydrogens is 220 g/mol. The highest BCUT2D eigenvalue weighted by Gasteiger charge is 2.34. The summed E-state index contributed by atoms with van der Waals surface area (Å²) in [5.74, 6) is 1.89. The second-order valence-corrected chi connectivity index (χ2v) is 7.25. The van der Waals surface area contributed by atoms with Crippen LogP contribution in [0, 0.1) is 11.8 Å². The molecule has 0 aromatic carbocycles. The summed E-state index contributed by atoms with van der Waals surface area (Å²) in [5, 5.41) is 0. The Kier molecular flexibility index (Phi) is 3.95. The van der Waals surface area contributed by atoms with Crippen molar-refractivity contribution in [1.82, 2.24) is 9.80 Å². The molecule has 1 aliphatic carbocycles. The lowest BCUT2D eigenvalue weighted by molar-refractivity contribution is 0.101. The van der Waals surface area contributed by atoms with Gasteiger partial charge in [0, 0.05) is 18.6 Å². The average molecular weight is 250 g/mol. The molecule has 3 unspecified atom stereocenters. The first-order valence-corrected chi connectivity index (χ1v) is 8.20. The van der Waals surface area contributed by atoms with Gasteiger partial charge in [0.25, 0.3) is 0 Å². The molecule has 0 aromatic heterocycles. The van der Waals surface area contributed by atoms with Crippen LogP contribution >= 0.6 is 0 Å². The van der Waals surface area contributed by atoms with Crippen molar-refractivity contribution in [3.63, 3.8) is 0 Å². The predicted octanol–water partition coefficient (Wildman–Crippen LogP) is 2.98. The third kappa shape index (κ3) is 2.75. The maximum Gasteiger partial charge on any atom is 0.0223 e. The van der Waals surface area contributed by atoms with E-state index < -0.39 is 0 Å². The second kappa shape index (κ2) is 5.50. The predicted molar refractivity (Wildman–Crippen MR) is 76.8 cm³/mol. The van der Waals surface area contributed by atoms with E-state index in [0.717, 1.165) is 23.9 Å². The SMILES string of the molecule is CC1CC(C)CC(N2CCCN3CCCC3C2)C1. The molecular formula is C16H30N2. The Balaban J connectivity index is 1.63. The zero-order valence-corrected chi connectivity index (χ0v) is 12.3. The summed E-state index contributed by atoms with van der Waals surface area (Å²) in [6, 6.07) is 1.78. The van der Waals surface area contributed by atoms with Crippen LogP contribution in [0.5, 0.6) is 0 Å². The van der Waals surface area contributed by atoms with E-state index in [9.17, 15) is 0 Å². The number of fused-ring (bicyclic) bond motifs is 1. The molecule has 0 N–H and O–H groups in total. The quantitative estimate of drug-likeness (QED) is 0.706. The van der Waals surface area contributed by atoms with Crippen LogP contribution < -0.4 is 0 Å². The van der Waals surface area contributed by atoms with Crippen LogP contribution in [0.2, 0.25) is 0 Å². The summed E-state index contributed by atoms with van der Waals surface area (Å²) < 4.78 is 0. The smallest absolute Gasteiger partial charge is 0.0223 e. The molecule has 0 radical (unpaired) electrons. The Hall–Kier alpha value is -0.0800. The summed E-state index contributed by atoms with van der Waals surface area (Å²) in [7, 11) is 0. The largest absolute Gasteiger partial charge is 0.299 e. The van der Waals surface area contributed by atoms with Crippen molar-refractivity contribution in [3.8, 4) is 0 Å². The zero-order chi connectivity index (χ0) is 12.5. The van der Waals surface area contributed by atoms with E-state index in [-0.39, 0.29) is 0 Å². The van der Waals surface area contributed by atoms with Crippen LogP contribution in [-0.4, -0.2) is 48.1 Å². The molecule has 3 fully saturated rings. The third-order valence-corrected chi connectivity index (χ3v) is 5.51. The summed E-state index contributed by atoms with van der Waals surface area (Å²) in [6.07, 6.45) is 8.66. The zero-order valence-electron chi connectivity index (χ0n) is 12.3. The summed E-state index contributed by atoms with van der Waals surface area (Å²) in [6.45, 7) is 10.4. The van der Waals surface area contributed by atoms with E-state index in [1.54, 1.807) is 0 Å². The van der Waals surface area contributed by atoms with Crippen LogP contribution in [-0.2, 0) is 0 Å². The minimum absolute atomic E-state index is 0.889. The molecule has 2 heteroatoms. The molecule has 3 aliphatic rings. The van der Waals surface area contributed by atoms with E-state index in [4.69, 9.17) is 0 Å². The van der Waals surface area contributed by atoms with Crippen molar-refractivity contribution in [3.05, 3.63) is 0 Å². The number of hydrogen-bond donors (Lipinski definition) is 0. The Labute approximate surface area is 113 Å². The number of nitrogens with zero attached hydrogens (tertiary/aromatic N) is 2. The molecule has 2 saturated heterocycles. The molecule has 0 amide bonds. The van der Waals surface area contributed by atoms with Crippen LogP contribution in [0.15, 0.2) is 0 Å². The van der Waals surface area contributed by atoms with Crippen molar-refractivity contribution in [2.24, 2.45) is 11.8 Å². The van der Waals surface area contributed by atoms with Crippen LogP contribution in [0.4, 0.5) is 0 Å². The Morgan fingerprint density at radius 2 is 1.39 bits per heavy atom. The third-order valence-electron chi connectivity index (χ3n) is 5.51. The highest BCUT2D eigenvalue weighted by atomic mass is 15.3. The van der Waals surface area contributed by atoms with Crippen molar-refractivity contribution in [1.29, 1.82) is 0 Å². The van der Waals surface area contributed by atoms with Gasteiger partial charge in [0.1, 0.15) is 0 Å². The van der Waals surface area contributed by atoms with E-state index in [0.29, 0.717) is 0 Å². The van der Waals surface area contributed by atoms with E-state index in [2.05, 4.69) is 23.6 Å². The molecule has 3 atom stereocenters. The van der Waals surface area contributed by atoms with Crippen LogP contribution in [0.3, 0.4) is 0 Å². The van der Waals surface area contributed by atoms with Gasteiger partial charge in [-0.05, 0) is 70.0 Å². The maximum atomic E-state index is 2.86. The van der Waals surface area contributed by atoms with Crippen molar-refractivity contribution in [2.75, 3.05) is 26.2 Å². The van der Waals surface area contributed by atoms with Gasteiger partial charge in [-0.3, -0.25) is 9.80 Å². The Bertz CT molecular complexity index is 268. The Morgan fingerprint density at radius 3 is 2.17 bits per heavy atom. The first-order valence-electron chi connectivity index (χ1n) is 8.20. The van der Waals surface area contributed by atoms with E-state index in [1.165, 1.54) is 64.7 Å².